The Morgan fingerprint density at radius 2 is 1.90 bits per heavy atom. The zero-order valence-electron chi connectivity index (χ0n) is 18.0. The van der Waals surface area contributed by atoms with Gasteiger partial charge in [0.1, 0.15) is 11.6 Å². The maximum Gasteiger partial charge on any atom is 0.143 e. The minimum Gasteiger partial charge on any atom is -0.379 e. The molecule has 1 saturated carbocycles. The van der Waals surface area contributed by atoms with Crippen LogP contribution in [0.4, 0.5) is 0 Å². The van der Waals surface area contributed by atoms with E-state index in [1.54, 1.807) is 4.68 Å². The molecule has 1 aromatic carbocycles. The van der Waals surface area contributed by atoms with E-state index in [9.17, 15) is 4.79 Å². The Labute approximate surface area is 182 Å². The van der Waals surface area contributed by atoms with Gasteiger partial charge in [-0.15, -0.1) is 0 Å². The Morgan fingerprint density at radius 1 is 1.10 bits per heavy atom. The third-order valence-corrected chi connectivity index (χ3v) is 6.72. The van der Waals surface area contributed by atoms with Crippen molar-refractivity contribution in [1.29, 1.82) is 0 Å². The van der Waals surface area contributed by atoms with Gasteiger partial charge in [0.2, 0.25) is 0 Å². The van der Waals surface area contributed by atoms with E-state index in [1.807, 2.05) is 31.7 Å². The molecule has 1 aliphatic carbocycles. The number of hydrogen-bond donors (Lipinski definition) is 0. The standard InChI is InChI=1S/C24H29N5O2/c1-28-16-20(15-26-28)18-2-3-19-14-25-24(27-22(19)12-18)13-23(30)17-4-6-21(7-5-17)29-8-10-31-11-9-29/h2-3,12,14-17,21H,4-11,13H2,1H3. The third-order valence-electron chi connectivity index (χ3n) is 6.72. The Hall–Kier alpha value is -2.64. The van der Waals surface area contributed by atoms with Crippen LogP contribution < -0.4 is 0 Å². The summed E-state index contributed by atoms with van der Waals surface area (Å²) in [5.74, 6) is 1.04. The molecule has 1 aliphatic heterocycles. The molecule has 0 atom stereocenters. The van der Waals surface area contributed by atoms with Gasteiger partial charge in [0.15, 0.2) is 0 Å². The molecule has 31 heavy (non-hydrogen) atoms. The normalized spacial score (nSPS) is 22.6. The predicted molar refractivity (Wildman–Crippen MR) is 119 cm³/mol. The van der Waals surface area contributed by atoms with Crippen molar-refractivity contribution in [1.82, 2.24) is 24.6 Å². The van der Waals surface area contributed by atoms with E-state index in [0.29, 0.717) is 18.3 Å². The number of aryl methyl sites for hydroxylation is 1. The second-order valence-corrected chi connectivity index (χ2v) is 8.76. The first kappa shape index (κ1) is 20.3. The van der Waals surface area contributed by atoms with Crippen molar-refractivity contribution in [3.8, 4) is 11.1 Å². The molecule has 0 N–H and O–H groups in total. The summed E-state index contributed by atoms with van der Waals surface area (Å²) in [7, 11) is 1.91. The summed E-state index contributed by atoms with van der Waals surface area (Å²) in [6.45, 7) is 3.71. The highest BCUT2D eigenvalue weighted by molar-refractivity contribution is 5.85. The fraction of sp³-hybridized carbons (Fsp3) is 0.500. The predicted octanol–water partition coefficient (Wildman–Crippen LogP) is 3.03. The Morgan fingerprint density at radius 3 is 2.65 bits per heavy atom. The zero-order chi connectivity index (χ0) is 21.2. The zero-order valence-corrected chi connectivity index (χ0v) is 18.0. The second kappa shape index (κ2) is 8.85. The lowest BCUT2D eigenvalue weighted by Crippen LogP contribution is -2.45. The maximum atomic E-state index is 13.0. The van der Waals surface area contributed by atoms with E-state index in [2.05, 4.69) is 27.1 Å². The Bertz CT molecular complexity index is 1060. The van der Waals surface area contributed by atoms with Gasteiger partial charge < -0.3 is 4.74 Å². The molecule has 0 radical (unpaired) electrons. The summed E-state index contributed by atoms with van der Waals surface area (Å²) in [6.07, 6.45) is 10.1. The van der Waals surface area contributed by atoms with Crippen molar-refractivity contribution >= 4 is 16.7 Å². The van der Waals surface area contributed by atoms with Crippen molar-refractivity contribution in [2.24, 2.45) is 13.0 Å². The van der Waals surface area contributed by atoms with Gasteiger partial charge >= 0.3 is 0 Å². The van der Waals surface area contributed by atoms with Crippen molar-refractivity contribution in [2.45, 2.75) is 38.1 Å². The van der Waals surface area contributed by atoms with Crippen LogP contribution in [0.25, 0.3) is 22.0 Å². The summed E-state index contributed by atoms with van der Waals surface area (Å²) >= 11 is 0. The first-order chi connectivity index (χ1) is 15.2. The van der Waals surface area contributed by atoms with Crippen LogP contribution in [0.3, 0.4) is 0 Å². The van der Waals surface area contributed by atoms with Crippen LogP contribution >= 0.6 is 0 Å². The molecule has 2 aromatic heterocycles. The van der Waals surface area contributed by atoms with Gasteiger partial charge in [-0.1, -0.05) is 12.1 Å². The van der Waals surface area contributed by atoms with E-state index >= 15 is 0 Å². The van der Waals surface area contributed by atoms with Crippen molar-refractivity contribution in [2.75, 3.05) is 26.3 Å². The molecule has 1 saturated heterocycles. The highest BCUT2D eigenvalue weighted by Crippen LogP contribution is 2.29. The molecule has 3 heterocycles. The minimum atomic E-state index is 0.137. The topological polar surface area (TPSA) is 73.1 Å². The van der Waals surface area contributed by atoms with Crippen molar-refractivity contribution < 1.29 is 9.53 Å². The van der Waals surface area contributed by atoms with Crippen LogP contribution in [0.5, 0.6) is 0 Å². The summed E-state index contributed by atoms with van der Waals surface area (Å²) in [6, 6.07) is 6.74. The highest BCUT2D eigenvalue weighted by Gasteiger charge is 2.30. The number of ketones is 1. The molecule has 0 unspecified atom stereocenters. The molecule has 7 nitrogen and oxygen atoms in total. The number of aromatic nitrogens is 4. The van der Waals surface area contributed by atoms with Crippen LogP contribution in [0.15, 0.2) is 36.8 Å². The number of Topliss-reactive ketones (excluding diaryl/α,β-unsaturated/α-hetero) is 1. The molecule has 7 heteroatoms. The van der Waals surface area contributed by atoms with Crippen LogP contribution in [-0.2, 0) is 23.0 Å². The van der Waals surface area contributed by atoms with Gasteiger partial charge in [0.05, 0.1) is 31.3 Å². The maximum absolute atomic E-state index is 13.0. The van der Waals surface area contributed by atoms with Gasteiger partial charge in [0, 0.05) is 55.4 Å². The molecular weight excluding hydrogens is 390 g/mol. The average molecular weight is 420 g/mol. The van der Waals surface area contributed by atoms with Crippen LogP contribution in [0.1, 0.15) is 31.5 Å². The van der Waals surface area contributed by atoms with E-state index in [4.69, 9.17) is 9.72 Å². The van der Waals surface area contributed by atoms with Gasteiger partial charge in [-0.25, -0.2) is 9.97 Å². The second-order valence-electron chi connectivity index (χ2n) is 8.76. The van der Waals surface area contributed by atoms with Crippen molar-refractivity contribution in [3.05, 3.63) is 42.6 Å². The molecule has 2 fully saturated rings. The molecule has 0 amide bonds. The molecule has 3 aromatic rings. The highest BCUT2D eigenvalue weighted by atomic mass is 16.5. The van der Waals surface area contributed by atoms with E-state index in [0.717, 1.165) is 74.0 Å². The lowest BCUT2D eigenvalue weighted by atomic mass is 9.82. The smallest absolute Gasteiger partial charge is 0.143 e. The lowest BCUT2D eigenvalue weighted by molar-refractivity contribution is -0.123. The molecular formula is C24H29N5O2. The number of carbonyl (C=O) groups is 1. The van der Waals surface area contributed by atoms with E-state index < -0.39 is 0 Å². The molecule has 0 bridgehead atoms. The van der Waals surface area contributed by atoms with Crippen molar-refractivity contribution in [3.63, 3.8) is 0 Å². The number of ether oxygens (including phenoxy) is 1. The fourth-order valence-electron chi connectivity index (χ4n) is 4.90. The number of carbonyl (C=O) groups excluding carboxylic acids is 1. The van der Waals surface area contributed by atoms with Gasteiger partial charge in [-0.2, -0.15) is 5.10 Å². The Kier molecular flexibility index (Phi) is 5.78. The van der Waals surface area contributed by atoms with Crippen LogP contribution in [-0.4, -0.2) is 62.8 Å². The number of hydrogen-bond acceptors (Lipinski definition) is 6. The monoisotopic (exact) mass is 419 g/mol. The fourth-order valence-corrected chi connectivity index (χ4v) is 4.90. The molecule has 0 spiro atoms. The largest absolute Gasteiger partial charge is 0.379 e. The molecule has 5 rings (SSSR count). The lowest BCUT2D eigenvalue weighted by Gasteiger charge is -2.38. The number of morpholine rings is 1. The number of nitrogens with zero attached hydrogens (tertiary/aromatic N) is 5. The number of benzene rings is 1. The SMILES string of the molecule is Cn1cc(-c2ccc3cnc(CC(=O)C4CCC(N5CCOCC5)CC4)nc3c2)cn1. The van der Waals surface area contributed by atoms with Gasteiger partial charge in [-0.05, 0) is 37.3 Å². The summed E-state index contributed by atoms with van der Waals surface area (Å²) in [5.41, 5.74) is 2.99. The van der Waals surface area contributed by atoms with E-state index in [-0.39, 0.29) is 11.7 Å². The van der Waals surface area contributed by atoms with E-state index in [1.165, 1.54) is 0 Å². The number of fused-ring (bicyclic) bond motifs is 1. The van der Waals surface area contributed by atoms with Gasteiger partial charge in [-0.3, -0.25) is 14.4 Å². The number of rotatable bonds is 5. The van der Waals surface area contributed by atoms with Crippen LogP contribution in [0.2, 0.25) is 0 Å². The third kappa shape index (κ3) is 4.52. The summed E-state index contributed by atoms with van der Waals surface area (Å²) in [5, 5.41) is 5.23. The first-order valence-electron chi connectivity index (χ1n) is 11.2. The van der Waals surface area contributed by atoms with Gasteiger partial charge in [0.25, 0.3) is 0 Å². The first-order valence-corrected chi connectivity index (χ1v) is 11.2. The van der Waals surface area contributed by atoms with Crippen LogP contribution in [0, 0.1) is 5.92 Å². The Balaban J connectivity index is 1.24. The minimum absolute atomic E-state index is 0.137. The average Bonchev–Trinajstić information content (AvgIpc) is 3.25. The summed E-state index contributed by atoms with van der Waals surface area (Å²) < 4.78 is 7.26. The summed E-state index contributed by atoms with van der Waals surface area (Å²) in [4.78, 5) is 24.7. The quantitative estimate of drug-likeness (QED) is 0.633. The molecule has 2 aliphatic rings. The molecule has 162 valence electrons.